The summed E-state index contributed by atoms with van der Waals surface area (Å²) in [6, 6.07) is 17.6. The summed E-state index contributed by atoms with van der Waals surface area (Å²) in [5.41, 5.74) is 4.67. The van der Waals surface area contributed by atoms with Gasteiger partial charge in [0.2, 0.25) is 0 Å². The largest absolute Gasteiger partial charge is 0.388 e. The van der Waals surface area contributed by atoms with Gasteiger partial charge in [-0.15, -0.1) is 0 Å². The van der Waals surface area contributed by atoms with E-state index in [9.17, 15) is 14.3 Å². The van der Waals surface area contributed by atoms with E-state index < -0.39 is 0 Å². The zero-order chi connectivity index (χ0) is 22.1. The topological polar surface area (TPSA) is 82.1 Å². The summed E-state index contributed by atoms with van der Waals surface area (Å²) in [6.45, 7) is 1.13. The number of hydrogen-bond acceptors (Lipinski definition) is 4. The predicted octanol–water partition coefficient (Wildman–Crippen LogP) is 4.28. The van der Waals surface area contributed by atoms with Gasteiger partial charge in [-0.25, -0.2) is 9.37 Å². The number of nitrogens with one attached hydrogen (secondary N) is 1. The van der Waals surface area contributed by atoms with Crippen molar-refractivity contribution in [3.05, 3.63) is 83.6 Å². The third-order valence-corrected chi connectivity index (χ3v) is 5.97. The number of amides is 1. The van der Waals surface area contributed by atoms with E-state index in [2.05, 4.69) is 9.97 Å². The van der Waals surface area contributed by atoms with Crippen molar-refractivity contribution in [3.8, 4) is 11.3 Å². The number of H-pyrrole nitrogens is 1. The van der Waals surface area contributed by atoms with E-state index in [4.69, 9.17) is 4.98 Å². The second kappa shape index (κ2) is 8.51. The molecule has 162 valence electrons. The Kier molecular flexibility index (Phi) is 5.41. The van der Waals surface area contributed by atoms with Crippen LogP contribution in [0.1, 0.15) is 40.6 Å². The number of hydrogen-bond donors (Lipinski definition) is 2. The molecule has 1 saturated heterocycles. The highest BCUT2D eigenvalue weighted by Gasteiger charge is 2.26. The van der Waals surface area contributed by atoms with Crippen molar-refractivity contribution >= 4 is 16.9 Å². The fourth-order valence-corrected chi connectivity index (χ4v) is 4.32. The van der Waals surface area contributed by atoms with Gasteiger partial charge in [-0.3, -0.25) is 9.78 Å². The third kappa shape index (κ3) is 3.99. The van der Waals surface area contributed by atoms with Crippen molar-refractivity contribution < 1.29 is 14.3 Å². The summed E-state index contributed by atoms with van der Waals surface area (Å²) >= 11 is 0. The van der Waals surface area contributed by atoms with Crippen LogP contribution in [0.3, 0.4) is 0 Å². The average molecular weight is 430 g/mol. The summed E-state index contributed by atoms with van der Waals surface area (Å²) < 4.78 is 13.3. The van der Waals surface area contributed by atoms with E-state index in [1.807, 2.05) is 23.1 Å². The molecule has 7 heteroatoms. The van der Waals surface area contributed by atoms with Crippen LogP contribution in [0.15, 0.2) is 60.7 Å². The highest BCUT2D eigenvalue weighted by Crippen LogP contribution is 2.29. The maximum Gasteiger partial charge on any atom is 0.253 e. The maximum atomic E-state index is 13.3. The number of piperidine rings is 1. The van der Waals surface area contributed by atoms with Crippen LogP contribution in [0.5, 0.6) is 0 Å². The fourth-order valence-electron chi connectivity index (χ4n) is 4.32. The first-order valence-electron chi connectivity index (χ1n) is 10.7. The van der Waals surface area contributed by atoms with Crippen LogP contribution in [0.4, 0.5) is 4.39 Å². The van der Waals surface area contributed by atoms with Crippen LogP contribution in [0.25, 0.3) is 22.3 Å². The van der Waals surface area contributed by atoms with Crippen LogP contribution in [-0.2, 0) is 6.61 Å². The molecule has 1 aliphatic heterocycles. The van der Waals surface area contributed by atoms with Gasteiger partial charge in [0.1, 0.15) is 18.2 Å². The minimum atomic E-state index is -0.271. The SMILES string of the molecule is O=C(c1ccc2nc(CO)[nH]c2c1)N1CCC[C@H](c2cccc(-c3ccc(F)cc3)n2)C1. The number of rotatable bonds is 4. The number of carbonyl (C=O) groups is 1. The second-order valence-electron chi connectivity index (χ2n) is 8.12. The molecule has 6 nitrogen and oxygen atoms in total. The molecule has 2 aromatic heterocycles. The number of benzene rings is 2. The number of carbonyl (C=O) groups excluding carboxylic acids is 1. The number of halogens is 1. The maximum absolute atomic E-state index is 13.3. The lowest BCUT2D eigenvalue weighted by Crippen LogP contribution is -2.39. The predicted molar refractivity (Wildman–Crippen MR) is 120 cm³/mol. The number of fused-ring (bicyclic) bond motifs is 1. The van der Waals surface area contributed by atoms with Gasteiger partial charge in [0.05, 0.1) is 16.7 Å². The first-order chi connectivity index (χ1) is 15.6. The van der Waals surface area contributed by atoms with Crippen molar-refractivity contribution in [1.82, 2.24) is 19.9 Å². The average Bonchev–Trinajstić information content (AvgIpc) is 3.27. The molecule has 1 amide bonds. The third-order valence-electron chi connectivity index (χ3n) is 5.97. The highest BCUT2D eigenvalue weighted by atomic mass is 19.1. The Balaban J connectivity index is 1.36. The first-order valence-corrected chi connectivity index (χ1v) is 10.7. The second-order valence-corrected chi connectivity index (χ2v) is 8.12. The molecule has 0 aliphatic carbocycles. The number of likely N-dealkylation sites (tertiary alicyclic amines) is 1. The Morgan fingerprint density at radius 3 is 2.78 bits per heavy atom. The fraction of sp³-hybridized carbons (Fsp3) is 0.240. The minimum absolute atomic E-state index is 0.0218. The summed E-state index contributed by atoms with van der Waals surface area (Å²) in [5.74, 6) is 0.332. The number of pyridine rings is 1. The van der Waals surface area contributed by atoms with Crippen LogP contribution >= 0.6 is 0 Å². The van der Waals surface area contributed by atoms with Crippen molar-refractivity contribution in [3.63, 3.8) is 0 Å². The van der Waals surface area contributed by atoms with E-state index >= 15 is 0 Å². The molecule has 5 rings (SSSR count). The van der Waals surface area contributed by atoms with Crippen molar-refractivity contribution in [1.29, 1.82) is 0 Å². The Morgan fingerprint density at radius 1 is 1.12 bits per heavy atom. The van der Waals surface area contributed by atoms with E-state index in [-0.39, 0.29) is 24.2 Å². The quantitative estimate of drug-likeness (QED) is 0.506. The Labute approximate surface area is 184 Å². The van der Waals surface area contributed by atoms with Gasteiger partial charge in [-0.2, -0.15) is 0 Å². The monoisotopic (exact) mass is 430 g/mol. The number of aliphatic hydroxyl groups is 1. The van der Waals surface area contributed by atoms with Gasteiger partial charge in [-0.05, 0) is 67.4 Å². The molecule has 0 unspecified atom stereocenters. The number of imidazole rings is 1. The molecule has 32 heavy (non-hydrogen) atoms. The van der Waals surface area contributed by atoms with E-state index in [0.29, 0.717) is 24.5 Å². The standard InChI is InChI=1S/C25H23FN4O2/c26-19-9-6-16(7-10-19)20-4-1-5-21(27-20)18-3-2-12-30(14-18)25(32)17-8-11-22-23(13-17)29-24(15-31)28-22/h1,4-11,13,18,31H,2-3,12,14-15H2,(H,28,29)/t18-/m0/s1. The summed E-state index contributed by atoms with van der Waals surface area (Å²) in [7, 11) is 0. The molecule has 0 bridgehead atoms. The van der Waals surface area contributed by atoms with E-state index in [0.717, 1.165) is 40.8 Å². The molecule has 1 fully saturated rings. The zero-order valence-electron chi connectivity index (χ0n) is 17.5. The van der Waals surface area contributed by atoms with Crippen molar-refractivity contribution in [2.45, 2.75) is 25.4 Å². The summed E-state index contributed by atoms with van der Waals surface area (Å²) in [4.78, 5) is 27.2. The lowest BCUT2D eigenvalue weighted by atomic mass is 9.93. The van der Waals surface area contributed by atoms with Crippen molar-refractivity contribution in [2.24, 2.45) is 0 Å². The normalized spacial score (nSPS) is 16.4. The Bertz CT molecular complexity index is 1270. The summed E-state index contributed by atoms with van der Waals surface area (Å²) in [5, 5.41) is 9.27. The molecule has 0 spiro atoms. The number of aromatic nitrogens is 3. The van der Waals surface area contributed by atoms with Crippen LogP contribution < -0.4 is 0 Å². The zero-order valence-corrected chi connectivity index (χ0v) is 17.5. The van der Waals surface area contributed by atoms with Gasteiger partial charge in [0.15, 0.2) is 0 Å². The molecule has 0 radical (unpaired) electrons. The lowest BCUT2D eigenvalue weighted by molar-refractivity contribution is 0.0706. The molecular weight excluding hydrogens is 407 g/mol. The highest BCUT2D eigenvalue weighted by molar-refractivity contribution is 5.97. The molecule has 0 saturated carbocycles. The van der Waals surface area contributed by atoms with Crippen LogP contribution in [-0.4, -0.2) is 44.0 Å². The molecule has 1 aliphatic rings. The van der Waals surface area contributed by atoms with E-state index in [1.54, 1.807) is 30.3 Å². The summed E-state index contributed by atoms with van der Waals surface area (Å²) in [6.07, 6.45) is 1.86. The number of aromatic amines is 1. The Hall–Kier alpha value is -3.58. The molecule has 1 atom stereocenters. The lowest BCUT2D eigenvalue weighted by Gasteiger charge is -2.32. The van der Waals surface area contributed by atoms with Gasteiger partial charge < -0.3 is 15.0 Å². The van der Waals surface area contributed by atoms with Gasteiger partial charge in [0, 0.05) is 35.8 Å². The number of nitrogens with zero attached hydrogens (tertiary/aromatic N) is 3. The number of aliphatic hydroxyl groups excluding tert-OH is 1. The minimum Gasteiger partial charge on any atom is -0.388 e. The van der Waals surface area contributed by atoms with Crippen LogP contribution in [0, 0.1) is 5.82 Å². The molecular formula is C25H23FN4O2. The van der Waals surface area contributed by atoms with Gasteiger partial charge in [-0.1, -0.05) is 6.07 Å². The molecule has 3 heterocycles. The van der Waals surface area contributed by atoms with Crippen molar-refractivity contribution in [2.75, 3.05) is 13.1 Å². The van der Waals surface area contributed by atoms with Crippen LogP contribution in [0.2, 0.25) is 0 Å². The molecule has 4 aromatic rings. The smallest absolute Gasteiger partial charge is 0.253 e. The Morgan fingerprint density at radius 2 is 1.97 bits per heavy atom. The molecule has 2 aromatic carbocycles. The molecule has 2 N–H and O–H groups in total. The van der Waals surface area contributed by atoms with Gasteiger partial charge >= 0.3 is 0 Å². The first kappa shape index (κ1) is 20.3. The van der Waals surface area contributed by atoms with Gasteiger partial charge in [0.25, 0.3) is 5.91 Å². The van der Waals surface area contributed by atoms with E-state index in [1.165, 1.54) is 12.1 Å².